The lowest BCUT2D eigenvalue weighted by Crippen LogP contribution is -2.48. The van der Waals surface area contributed by atoms with E-state index in [2.05, 4.69) is 6.58 Å². The number of carbonyl (C=O) groups excluding carboxylic acids is 1. The number of rotatable bonds is 2. The van der Waals surface area contributed by atoms with Crippen molar-refractivity contribution in [1.82, 2.24) is 0 Å². The van der Waals surface area contributed by atoms with Gasteiger partial charge in [-0.05, 0) is 32.1 Å². The van der Waals surface area contributed by atoms with Gasteiger partial charge in [0.25, 0.3) is 0 Å². The Balaban J connectivity index is 2.39. The molecule has 2 aliphatic rings. The fraction of sp³-hybridized carbons (Fsp3) is 0.750. The number of carbonyl (C=O) groups is 1. The maximum absolute atomic E-state index is 11.9. The average Bonchev–Trinajstić information content (AvgIpc) is 2.69. The topological polar surface area (TPSA) is 46.5 Å². The predicted octanol–water partition coefficient (Wildman–Crippen LogP) is 1.66. The largest absolute Gasteiger partial charge is 0.469 e. The van der Waals surface area contributed by atoms with Gasteiger partial charge in [0.15, 0.2) is 0 Å². The minimum atomic E-state index is -0.901. The number of hydrogen-bond acceptors (Lipinski definition) is 3. The first-order valence-electron chi connectivity index (χ1n) is 5.54. The van der Waals surface area contributed by atoms with Crippen LogP contribution in [0, 0.1) is 11.3 Å². The highest BCUT2D eigenvalue weighted by Gasteiger charge is 2.65. The van der Waals surface area contributed by atoms with Gasteiger partial charge in [-0.2, -0.15) is 0 Å². The fourth-order valence-electron chi connectivity index (χ4n) is 3.53. The van der Waals surface area contributed by atoms with Crippen LogP contribution in [0.1, 0.15) is 32.1 Å². The number of fused-ring (bicyclic) bond motifs is 1. The summed E-state index contributed by atoms with van der Waals surface area (Å²) in [6.07, 6.45) is 5.70. The monoisotopic (exact) mass is 210 g/mol. The van der Waals surface area contributed by atoms with Gasteiger partial charge in [0.2, 0.25) is 0 Å². The lowest BCUT2D eigenvalue weighted by Gasteiger charge is -2.36. The molecule has 0 unspecified atom stereocenters. The van der Waals surface area contributed by atoms with E-state index in [0.717, 1.165) is 25.7 Å². The van der Waals surface area contributed by atoms with Crippen LogP contribution in [-0.2, 0) is 9.53 Å². The molecule has 15 heavy (non-hydrogen) atoms. The Morgan fingerprint density at radius 3 is 2.87 bits per heavy atom. The molecule has 84 valence electrons. The first kappa shape index (κ1) is 10.7. The summed E-state index contributed by atoms with van der Waals surface area (Å²) in [5.74, 6) is -0.203. The molecule has 3 atom stereocenters. The number of esters is 1. The Bertz CT molecular complexity index is 299. The van der Waals surface area contributed by atoms with Crippen LogP contribution in [0.5, 0.6) is 0 Å². The molecule has 0 amide bonds. The zero-order valence-electron chi connectivity index (χ0n) is 9.16. The van der Waals surface area contributed by atoms with E-state index in [0.29, 0.717) is 6.42 Å². The minimum Gasteiger partial charge on any atom is -0.469 e. The summed E-state index contributed by atoms with van der Waals surface area (Å²) in [4.78, 5) is 11.9. The first-order valence-corrected chi connectivity index (χ1v) is 5.54. The van der Waals surface area contributed by atoms with E-state index in [1.807, 2.05) is 0 Å². The molecule has 0 aromatic carbocycles. The number of ether oxygens (including phenoxy) is 1. The standard InChI is InChI=1S/C12H18O3/c1-3-9-5-8-11(10(13)15-2)6-4-7-12(9,11)14/h3,9,14H,1,4-8H2,2H3/t9-,11+,12+/m1/s1. The number of methoxy groups -OCH3 is 1. The highest BCUT2D eigenvalue weighted by molar-refractivity contribution is 5.79. The highest BCUT2D eigenvalue weighted by Crippen LogP contribution is 2.60. The predicted molar refractivity (Wildman–Crippen MR) is 56.2 cm³/mol. The van der Waals surface area contributed by atoms with Gasteiger partial charge < -0.3 is 9.84 Å². The average molecular weight is 210 g/mol. The molecule has 3 nitrogen and oxygen atoms in total. The van der Waals surface area contributed by atoms with Crippen LogP contribution in [0.2, 0.25) is 0 Å². The van der Waals surface area contributed by atoms with Gasteiger partial charge in [0.05, 0.1) is 18.1 Å². The molecule has 2 fully saturated rings. The van der Waals surface area contributed by atoms with Crippen LogP contribution in [0.25, 0.3) is 0 Å². The molecular weight excluding hydrogens is 192 g/mol. The lowest BCUT2D eigenvalue weighted by molar-refractivity contribution is -0.166. The van der Waals surface area contributed by atoms with E-state index in [9.17, 15) is 9.90 Å². The SMILES string of the molecule is C=C[C@@H]1CC[C@]2(C(=O)OC)CCC[C@]12O. The van der Waals surface area contributed by atoms with Crippen molar-refractivity contribution in [1.29, 1.82) is 0 Å². The Hall–Kier alpha value is -0.830. The van der Waals surface area contributed by atoms with Crippen molar-refractivity contribution in [2.45, 2.75) is 37.7 Å². The molecule has 0 heterocycles. The Labute approximate surface area is 90.1 Å². The van der Waals surface area contributed by atoms with Crippen molar-refractivity contribution in [3.05, 3.63) is 12.7 Å². The molecule has 0 aromatic rings. The molecule has 0 bridgehead atoms. The van der Waals surface area contributed by atoms with Gasteiger partial charge in [-0.15, -0.1) is 6.58 Å². The van der Waals surface area contributed by atoms with E-state index in [1.165, 1.54) is 7.11 Å². The normalized spacial score (nSPS) is 43.7. The zero-order valence-corrected chi connectivity index (χ0v) is 9.16. The third-order valence-corrected chi connectivity index (χ3v) is 4.35. The molecule has 0 radical (unpaired) electrons. The summed E-state index contributed by atoms with van der Waals surface area (Å²) in [6.45, 7) is 3.75. The molecule has 2 rings (SSSR count). The first-order chi connectivity index (χ1) is 7.10. The van der Waals surface area contributed by atoms with Gasteiger partial charge in [-0.3, -0.25) is 4.79 Å². The van der Waals surface area contributed by atoms with E-state index in [-0.39, 0.29) is 11.9 Å². The van der Waals surface area contributed by atoms with Crippen molar-refractivity contribution < 1.29 is 14.6 Å². The number of aliphatic hydroxyl groups is 1. The Morgan fingerprint density at radius 1 is 1.53 bits per heavy atom. The van der Waals surface area contributed by atoms with Crippen LogP contribution in [0.3, 0.4) is 0 Å². The van der Waals surface area contributed by atoms with Crippen molar-refractivity contribution in [3.8, 4) is 0 Å². The molecule has 1 N–H and O–H groups in total. The van der Waals surface area contributed by atoms with Crippen LogP contribution >= 0.6 is 0 Å². The quantitative estimate of drug-likeness (QED) is 0.557. The van der Waals surface area contributed by atoms with Crippen LogP contribution in [0.4, 0.5) is 0 Å². The van der Waals surface area contributed by atoms with E-state index in [4.69, 9.17) is 4.74 Å². The van der Waals surface area contributed by atoms with Gasteiger partial charge in [0, 0.05) is 5.92 Å². The Morgan fingerprint density at radius 2 is 2.27 bits per heavy atom. The molecule has 0 saturated heterocycles. The van der Waals surface area contributed by atoms with E-state index < -0.39 is 11.0 Å². The second-order valence-corrected chi connectivity index (χ2v) is 4.73. The van der Waals surface area contributed by atoms with Crippen LogP contribution < -0.4 is 0 Å². The van der Waals surface area contributed by atoms with Crippen molar-refractivity contribution in [3.63, 3.8) is 0 Å². The summed E-state index contributed by atoms with van der Waals surface area (Å²) in [5.41, 5.74) is -1.55. The van der Waals surface area contributed by atoms with E-state index >= 15 is 0 Å². The summed E-state index contributed by atoms with van der Waals surface area (Å²) >= 11 is 0. The third kappa shape index (κ3) is 1.13. The summed E-state index contributed by atoms with van der Waals surface area (Å²) < 4.78 is 4.86. The smallest absolute Gasteiger partial charge is 0.314 e. The van der Waals surface area contributed by atoms with Crippen LogP contribution in [0.15, 0.2) is 12.7 Å². The molecule has 0 spiro atoms. The van der Waals surface area contributed by atoms with E-state index in [1.54, 1.807) is 6.08 Å². The minimum absolute atomic E-state index is 0.0408. The van der Waals surface area contributed by atoms with Crippen molar-refractivity contribution in [2.24, 2.45) is 11.3 Å². The summed E-state index contributed by atoms with van der Waals surface area (Å²) in [5, 5.41) is 10.7. The lowest BCUT2D eigenvalue weighted by atomic mass is 9.74. The maximum atomic E-state index is 11.9. The van der Waals surface area contributed by atoms with Crippen LogP contribution in [-0.4, -0.2) is 23.8 Å². The second-order valence-electron chi connectivity index (χ2n) is 4.73. The van der Waals surface area contributed by atoms with Gasteiger partial charge in [-0.1, -0.05) is 6.08 Å². The van der Waals surface area contributed by atoms with Gasteiger partial charge in [0.1, 0.15) is 0 Å². The van der Waals surface area contributed by atoms with Crippen molar-refractivity contribution >= 4 is 5.97 Å². The second kappa shape index (κ2) is 3.34. The number of hydrogen-bond donors (Lipinski definition) is 1. The molecule has 3 heteroatoms. The molecule has 0 aromatic heterocycles. The zero-order chi connectivity index (χ0) is 11.1. The van der Waals surface area contributed by atoms with Gasteiger partial charge >= 0.3 is 5.97 Å². The Kier molecular flexibility index (Phi) is 2.38. The molecular formula is C12H18O3. The maximum Gasteiger partial charge on any atom is 0.314 e. The van der Waals surface area contributed by atoms with Gasteiger partial charge in [-0.25, -0.2) is 0 Å². The fourth-order valence-corrected chi connectivity index (χ4v) is 3.53. The molecule has 2 saturated carbocycles. The molecule has 0 aliphatic heterocycles. The highest BCUT2D eigenvalue weighted by atomic mass is 16.5. The summed E-state index contributed by atoms with van der Waals surface area (Å²) in [7, 11) is 1.40. The molecule has 2 aliphatic carbocycles. The third-order valence-electron chi connectivity index (χ3n) is 4.35. The summed E-state index contributed by atoms with van der Waals surface area (Å²) in [6, 6.07) is 0. The van der Waals surface area contributed by atoms with Crippen molar-refractivity contribution in [2.75, 3.05) is 7.11 Å².